The first kappa shape index (κ1) is 13.5. The van der Waals surface area contributed by atoms with Gasteiger partial charge in [0.2, 0.25) is 5.89 Å². The molecule has 7 heteroatoms. The molecular weight excluding hydrogens is 285 g/mol. The summed E-state index contributed by atoms with van der Waals surface area (Å²) in [6.07, 6.45) is 0.295. The maximum atomic E-state index is 13.7. The summed E-state index contributed by atoms with van der Waals surface area (Å²) in [6.45, 7) is 0.502. The van der Waals surface area contributed by atoms with Gasteiger partial charge >= 0.3 is 0 Å². The van der Waals surface area contributed by atoms with Crippen molar-refractivity contribution in [1.29, 1.82) is 0 Å². The Morgan fingerprint density at radius 1 is 1.50 bits per heavy atom. The SMILES string of the molecule is OC1CNC(c2nc(Cc3c(F)cccc3Cl)no2)C1. The van der Waals surface area contributed by atoms with Crippen LogP contribution >= 0.6 is 11.6 Å². The highest BCUT2D eigenvalue weighted by Crippen LogP contribution is 2.24. The third-order valence-corrected chi connectivity index (χ3v) is 3.64. The molecule has 2 unspecified atom stereocenters. The highest BCUT2D eigenvalue weighted by atomic mass is 35.5. The second kappa shape index (κ2) is 5.47. The Morgan fingerprint density at radius 2 is 2.35 bits per heavy atom. The van der Waals surface area contributed by atoms with Gasteiger partial charge in [0.05, 0.1) is 12.1 Å². The highest BCUT2D eigenvalue weighted by molar-refractivity contribution is 6.31. The maximum absolute atomic E-state index is 13.7. The van der Waals surface area contributed by atoms with Gasteiger partial charge in [-0.3, -0.25) is 0 Å². The van der Waals surface area contributed by atoms with Crippen molar-refractivity contribution in [2.24, 2.45) is 0 Å². The Kier molecular flexibility index (Phi) is 3.69. The van der Waals surface area contributed by atoms with Crippen LogP contribution in [0.2, 0.25) is 5.02 Å². The molecule has 2 heterocycles. The molecule has 2 aromatic rings. The van der Waals surface area contributed by atoms with Crippen LogP contribution in [-0.2, 0) is 6.42 Å². The van der Waals surface area contributed by atoms with Crippen LogP contribution in [0.15, 0.2) is 22.7 Å². The molecule has 1 aliphatic heterocycles. The fourth-order valence-corrected chi connectivity index (χ4v) is 2.48. The van der Waals surface area contributed by atoms with E-state index in [4.69, 9.17) is 16.1 Å². The number of aliphatic hydroxyl groups excluding tert-OH is 1. The third kappa shape index (κ3) is 2.67. The Labute approximate surface area is 119 Å². The molecule has 2 N–H and O–H groups in total. The lowest BCUT2D eigenvalue weighted by Crippen LogP contribution is -2.15. The first-order valence-corrected chi connectivity index (χ1v) is 6.68. The lowest BCUT2D eigenvalue weighted by atomic mass is 10.1. The molecule has 0 spiro atoms. The topological polar surface area (TPSA) is 71.2 Å². The number of rotatable bonds is 3. The lowest BCUT2D eigenvalue weighted by molar-refractivity contribution is 0.191. The van der Waals surface area contributed by atoms with E-state index >= 15 is 0 Å². The number of hydrogen-bond acceptors (Lipinski definition) is 5. The first-order chi connectivity index (χ1) is 9.63. The van der Waals surface area contributed by atoms with Crippen LogP contribution in [0.1, 0.15) is 29.7 Å². The number of benzene rings is 1. The minimum absolute atomic E-state index is 0.151. The maximum Gasteiger partial charge on any atom is 0.243 e. The van der Waals surface area contributed by atoms with Crippen molar-refractivity contribution in [1.82, 2.24) is 15.5 Å². The predicted octanol–water partition coefficient (Wildman–Crippen LogP) is 1.85. The largest absolute Gasteiger partial charge is 0.392 e. The number of hydrogen-bond donors (Lipinski definition) is 2. The predicted molar refractivity (Wildman–Crippen MR) is 69.9 cm³/mol. The molecule has 2 atom stereocenters. The molecule has 3 rings (SSSR count). The molecule has 106 valence electrons. The van der Waals surface area contributed by atoms with Gasteiger partial charge in [0.1, 0.15) is 5.82 Å². The van der Waals surface area contributed by atoms with Crippen molar-refractivity contribution in [3.8, 4) is 0 Å². The molecule has 1 aromatic heterocycles. The molecular formula is C13H13ClFN3O2. The van der Waals surface area contributed by atoms with Crippen molar-refractivity contribution in [2.75, 3.05) is 6.54 Å². The van der Waals surface area contributed by atoms with E-state index in [0.717, 1.165) is 0 Å². The molecule has 1 saturated heterocycles. The molecule has 20 heavy (non-hydrogen) atoms. The third-order valence-electron chi connectivity index (χ3n) is 3.29. The molecule has 0 aliphatic carbocycles. The van der Waals surface area contributed by atoms with Gasteiger partial charge in [-0.1, -0.05) is 22.8 Å². The van der Waals surface area contributed by atoms with Gasteiger partial charge in [-0.15, -0.1) is 0 Å². The van der Waals surface area contributed by atoms with E-state index in [-0.39, 0.29) is 12.5 Å². The number of aromatic nitrogens is 2. The summed E-state index contributed by atoms with van der Waals surface area (Å²) in [6, 6.07) is 4.36. The lowest BCUT2D eigenvalue weighted by Gasteiger charge is -2.03. The fourth-order valence-electron chi connectivity index (χ4n) is 2.25. The highest BCUT2D eigenvalue weighted by Gasteiger charge is 2.28. The molecule has 0 radical (unpaired) electrons. The number of nitrogens with one attached hydrogen (secondary N) is 1. The zero-order valence-electron chi connectivity index (χ0n) is 10.5. The summed E-state index contributed by atoms with van der Waals surface area (Å²) in [4.78, 5) is 4.23. The average Bonchev–Trinajstić information content (AvgIpc) is 3.03. The summed E-state index contributed by atoms with van der Waals surface area (Å²) < 4.78 is 18.8. The van der Waals surface area contributed by atoms with Crippen molar-refractivity contribution in [3.05, 3.63) is 46.3 Å². The van der Waals surface area contributed by atoms with E-state index in [1.165, 1.54) is 6.07 Å². The summed E-state index contributed by atoms with van der Waals surface area (Å²) in [5.41, 5.74) is 0.348. The zero-order valence-corrected chi connectivity index (χ0v) is 11.3. The number of halogens is 2. The van der Waals surface area contributed by atoms with Crippen LogP contribution < -0.4 is 5.32 Å². The molecule has 0 bridgehead atoms. The van der Waals surface area contributed by atoms with E-state index in [9.17, 15) is 9.50 Å². The summed E-state index contributed by atoms with van der Waals surface area (Å²) in [5, 5.41) is 16.7. The second-order valence-corrected chi connectivity index (χ2v) is 5.18. The van der Waals surface area contributed by atoms with Gasteiger partial charge in [-0.05, 0) is 18.6 Å². The monoisotopic (exact) mass is 297 g/mol. The van der Waals surface area contributed by atoms with Gasteiger partial charge in [0.15, 0.2) is 5.82 Å². The standard InChI is InChI=1S/C13H13ClFN3O2/c14-9-2-1-3-10(15)8(9)5-12-17-13(20-18-12)11-4-7(19)6-16-11/h1-3,7,11,16,19H,4-6H2. The van der Waals surface area contributed by atoms with Crippen LogP contribution in [0.3, 0.4) is 0 Å². The molecule has 1 aliphatic rings. The van der Waals surface area contributed by atoms with Crippen molar-refractivity contribution >= 4 is 11.6 Å². The van der Waals surface area contributed by atoms with E-state index in [1.54, 1.807) is 12.1 Å². The Balaban J connectivity index is 1.77. The van der Waals surface area contributed by atoms with E-state index < -0.39 is 11.9 Å². The molecule has 5 nitrogen and oxygen atoms in total. The van der Waals surface area contributed by atoms with Crippen molar-refractivity contribution in [2.45, 2.75) is 25.0 Å². The van der Waals surface area contributed by atoms with Gasteiger partial charge in [-0.25, -0.2) is 4.39 Å². The first-order valence-electron chi connectivity index (χ1n) is 6.30. The Bertz CT molecular complexity index is 599. The van der Waals surface area contributed by atoms with Crippen LogP contribution in [0, 0.1) is 5.82 Å². The van der Waals surface area contributed by atoms with Crippen molar-refractivity contribution in [3.63, 3.8) is 0 Å². The van der Waals surface area contributed by atoms with Gasteiger partial charge in [-0.2, -0.15) is 4.98 Å². The summed E-state index contributed by atoms with van der Waals surface area (Å²) in [5.74, 6) is 0.387. The smallest absolute Gasteiger partial charge is 0.243 e. The zero-order chi connectivity index (χ0) is 14.1. The van der Waals surface area contributed by atoms with Crippen LogP contribution in [-0.4, -0.2) is 27.9 Å². The minimum atomic E-state index is -0.406. The number of nitrogens with zero attached hydrogens (tertiary/aromatic N) is 2. The van der Waals surface area contributed by atoms with Gasteiger partial charge < -0.3 is 14.9 Å². The number of aliphatic hydroxyl groups is 1. The second-order valence-electron chi connectivity index (χ2n) is 4.78. The quantitative estimate of drug-likeness (QED) is 0.904. The Morgan fingerprint density at radius 3 is 3.05 bits per heavy atom. The molecule has 1 aromatic carbocycles. The molecule has 0 saturated carbocycles. The van der Waals surface area contributed by atoms with Crippen LogP contribution in [0.5, 0.6) is 0 Å². The van der Waals surface area contributed by atoms with E-state index in [0.29, 0.717) is 35.3 Å². The summed E-state index contributed by atoms with van der Waals surface area (Å²) in [7, 11) is 0. The summed E-state index contributed by atoms with van der Waals surface area (Å²) >= 11 is 5.96. The van der Waals surface area contributed by atoms with Gasteiger partial charge in [0, 0.05) is 23.6 Å². The average molecular weight is 298 g/mol. The minimum Gasteiger partial charge on any atom is -0.392 e. The van der Waals surface area contributed by atoms with Crippen molar-refractivity contribution < 1.29 is 14.0 Å². The normalized spacial score (nSPS) is 22.4. The van der Waals surface area contributed by atoms with Crippen LogP contribution in [0.25, 0.3) is 0 Å². The van der Waals surface area contributed by atoms with E-state index in [2.05, 4.69) is 15.5 Å². The molecule has 1 fully saturated rings. The van der Waals surface area contributed by atoms with Gasteiger partial charge in [0.25, 0.3) is 0 Å². The van der Waals surface area contributed by atoms with E-state index in [1.807, 2.05) is 0 Å². The number of β-amino-alcohol motifs (C(OH)–C–C–N with tert-alkyl or cyclic N) is 1. The Hall–Kier alpha value is -1.50. The van der Waals surface area contributed by atoms with Crippen LogP contribution in [0.4, 0.5) is 4.39 Å². The molecule has 0 amide bonds. The fraction of sp³-hybridized carbons (Fsp3) is 0.385.